The number of thioether (sulfide) groups is 1. The number of benzene rings is 1. The third kappa shape index (κ3) is 1.52. The zero-order valence-electron chi connectivity index (χ0n) is 8.20. The Hall–Kier alpha value is -0.960. The van der Waals surface area contributed by atoms with Gasteiger partial charge in [-0.3, -0.25) is 0 Å². The van der Waals surface area contributed by atoms with Gasteiger partial charge in [-0.2, -0.15) is 0 Å². The number of rotatable bonds is 1. The maximum absolute atomic E-state index is 11.0. The summed E-state index contributed by atoms with van der Waals surface area (Å²) >= 11 is 1.67. The van der Waals surface area contributed by atoms with Crippen LogP contribution < -0.4 is 0 Å². The van der Waals surface area contributed by atoms with Crippen LogP contribution in [0.5, 0.6) is 0 Å². The van der Waals surface area contributed by atoms with Crippen LogP contribution in [0.4, 0.5) is 0 Å². The van der Waals surface area contributed by atoms with E-state index in [0.29, 0.717) is 5.56 Å². The Bertz CT molecular complexity index is 396. The maximum atomic E-state index is 11.0. The second-order valence-corrected chi connectivity index (χ2v) is 5.86. The van der Waals surface area contributed by atoms with Crippen molar-refractivity contribution in [1.29, 1.82) is 0 Å². The molecule has 74 valence electrons. The highest BCUT2D eigenvalue weighted by molar-refractivity contribution is 8.01. The summed E-state index contributed by atoms with van der Waals surface area (Å²) in [5.41, 5.74) is 1.61. The number of fused-ring (bicyclic) bond motifs is 1. The minimum Gasteiger partial charge on any atom is -0.478 e. The third-order valence-corrected chi connectivity index (χ3v) is 3.70. The van der Waals surface area contributed by atoms with Gasteiger partial charge in [-0.1, -0.05) is 26.0 Å². The fourth-order valence-electron chi connectivity index (χ4n) is 1.78. The molecule has 0 saturated heterocycles. The second kappa shape index (κ2) is 3.02. The summed E-state index contributed by atoms with van der Waals surface area (Å²) in [5, 5.41) is 9.01. The van der Waals surface area contributed by atoms with E-state index in [1.807, 2.05) is 12.1 Å². The molecular weight excluding hydrogens is 196 g/mol. The first-order valence-corrected chi connectivity index (χ1v) is 5.35. The van der Waals surface area contributed by atoms with Gasteiger partial charge in [-0.15, -0.1) is 11.8 Å². The predicted octanol–water partition coefficient (Wildman–Crippen LogP) is 2.81. The molecule has 0 spiro atoms. The lowest BCUT2D eigenvalue weighted by Crippen LogP contribution is -2.11. The molecule has 0 bridgehead atoms. The average molecular weight is 208 g/mol. The first-order valence-electron chi connectivity index (χ1n) is 4.54. The van der Waals surface area contributed by atoms with Crippen molar-refractivity contribution >= 4 is 17.7 Å². The number of carboxylic acid groups (broad SMARTS) is 1. The van der Waals surface area contributed by atoms with E-state index in [1.54, 1.807) is 17.8 Å². The molecule has 0 fully saturated rings. The van der Waals surface area contributed by atoms with Crippen molar-refractivity contribution in [2.75, 3.05) is 0 Å². The standard InChI is InChI=1S/C11H12O2S/c1-11(2)6-7-4-3-5-8(10(12)13)9(7)14-11/h3-5H,6H2,1-2H3,(H,12,13). The van der Waals surface area contributed by atoms with Crippen molar-refractivity contribution in [3.63, 3.8) is 0 Å². The molecule has 1 aromatic carbocycles. The molecule has 0 aliphatic carbocycles. The van der Waals surface area contributed by atoms with Crippen molar-refractivity contribution in [3.8, 4) is 0 Å². The summed E-state index contributed by atoms with van der Waals surface area (Å²) in [4.78, 5) is 11.9. The van der Waals surface area contributed by atoms with E-state index in [-0.39, 0.29) is 4.75 Å². The first kappa shape index (κ1) is 9.59. The smallest absolute Gasteiger partial charge is 0.336 e. The van der Waals surface area contributed by atoms with E-state index in [1.165, 1.54) is 5.56 Å². The molecular formula is C11H12O2S. The summed E-state index contributed by atoms with van der Waals surface area (Å²) in [7, 11) is 0. The van der Waals surface area contributed by atoms with Gasteiger partial charge in [-0.05, 0) is 18.1 Å². The van der Waals surface area contributed by atoms with E-state index in [4.69, 9.17) is 5.11 Å². The summed E-state index contributed by atoms with van der Waals surface area (Å²) < 4.78 is 0.133. The van der Waals surface area contributed by atoms with Crippen LogP contribution in [0.15, 0.2) is 23.1 Å². The Balaban J connectivity index is 2.52. The summed E-state index contributed by atoms with van der Waals surface area (Å²) in [6, 6.07) is 5.52. The van der Waals surface area contributed by atoms with Crippen LogP contribution >= 0.6 is 11.8 Å². The zero-order chi connectivity index (χ0) is 10.3. The SMILES string of the molecule is CC1(C)Cc2cccc(C(=O)O)c2S1. The molecule has 0 atom stereocenters. The topological polar surface area (TPSA) is 37.3 Å². The Kier molecular flexibility index (Phi) is 2.07. The van der Waals surface area contributed by atoms with E-state index < -0.39 is 5.97 Å². The van der Waals surface area contributed by atoms with Gasteiger partial charge in [0, 0.05) is 9.64 Å². The van der Waals surface area contributed by atoms with Gasteiger partial charge in [0.2, 0.25) is 0 Å². The molecule has 2 rings (SSSR count). The van der Waals surface area contributed by atoms with Crippen molar-refractivity contribution in [3.05, 3.63) is 29.3 Å². The highest BCUT2D eigenvalue weighted by atomic mass is 32.2. The molecule has 0 radical (unpaired) electrons. The predicted molar refractivity (Wildman–Crippen MR) is 57.0 cm³/mol. The number of carboxylic acids is 1. The van der Waals surface area contributed by atoms with Crippen molar-refractivity contribution < 1.29 is 9.90 Å². The van der Waals surface area contributed by atoms with Crippen LogP contribution in [0, 0.1) is 0 Å². The number of hydrogen-bond donors (Lipinski definition) is 1. The first-order chi connectivity index (χ1) is 6.49. The minimum atomic E-state index is -0.827. The fraction of sp³-hybridized carbons (Fsp3) is 0.364. The highest BCUT2D eigenvalue weighted by Crippen LogP contribution is 2.46. The number of aromatic carboxylic acids is 1. The molecule has 1 heterocycles. The van der Waals surface area contributed by atoms with E-state index in [2.05, 4.69) is 13.8 Å². The van der Waals surface area contributed by atoms with Crippen molar-refractivity contribution in [2.45, 2.75) is 29.9 Å². The summed E-state index contributed by atoms with van der Waals surface area (Å²) in [6.45, 7) is 4.28. The van der Waals surface area contributed by atoms with E-state index >= 15 is 0 Å². The molecule has 2 nitrogen and oxygen atoms in total. The molecule has 3 heteroatoms. The van der Waals surface area contributed by atoms with Crippen molar-refractivity contribution in [1.82, 2.24) is 0 Å². The monoisotopic (exact) mass is 208 g/mol. The molecule has 0 amide bonds. The fourth-order valence-corrected chi connectivity index (χ4v) is 3.10. The average Bonchev–Trinajstić information content (AvgIpc) is 2.36. The molecule has 1 N–H and O–H groups in total. The lowest BCUT2D eigenvalue weighted by atomic mass is 10.0. The van der Waals surface area contributed by atoms with Crippen LogP contribution in [0.3, 0.4) is 0 Å². The second-order valence-electron chi connectivity index (χ2n) is 4.14. The van der Waals surface area contributed by atoms with Crippen LogP contribution in [0.1, 0.15) is 29.8 Å². The zero-order valence-corrected chi connectivity index (χ0v) is 9.02. The largest absolute Gasteiger partial charge is 0.478 e. The molecule has 1 aromatic rings. The van der Waals surface area contributed by atoms with Gasteiger partial charge >= 0.3 is 5.97 Å². The van der Waals surface area contributed by atoms with Gasteiger partial charge in [0.15, 0.2) is 0 Å². The molecule has 0 saturated carbocycles. The van der Waals surface area contributed by atoms with Gasteiger partial charge in [0.25, 0.3) is 0 Å². The molecule has 1 aliphatic heterocycles. The quantitative estimate of drug-likeness (QED) is 0.771. The van der Waals surface area contributed by atoms with Crippen molar-refractivity contribution in [2.24, 2.45) is 0 Å². The highest BCUT2D eigenvalue weighted by Gasteiger charge is 2.32. The normalized spacial score (nSPS) is 17.9. The van der Waals surface area contributed by atoms with Crippen LogP contribution in [0.25, 0.3) is 0 Å². The summed E-state index contributed by atoms with van der Waals surface area (Å²) in [6.07, 6.45) is 0.952. The lowest BCUT2D eigenvalue weighted by Gasteiger charge is -2.14. The minimum absolute atomic E-state index is 0.133. The van der Waals surface area contributed by atoms with Gasteiger partial charge in [0.05, 0.1) is 5.56 Å². The Labute approximate surface area is 87.3 Å². The Morgan fingerprint density at radius 3 is 2.86 bits per heavy atom. The molecule has 14 heavy (non-hydrogen) atoms. The van der Waals surface area contributed by atoms with Gasteiger partial charge in [0.1, 0.15) is 0 Å². The Morgan fingerprint density at radius 2 is 2.21 bits per heavy atom. The number of hydrogen-bond acceptors (Lipinski definition) is 2. The number of carbonyl (C=O) groups is 1. The van der Waals surface area contributed by atoms with Gasteiger partial charge < -0.3 is 5.11 Å². The van der Waals surface area contributed by atoms with Crippen LogP contribution in [-0.2, 0) is 6.42 Å². The maximum Gasteiger partial charge on any atom is 0.336 e. The Morgan fingerprint density at radius 1 is 1.50 bits per heavy atom. The van der Waals surface area contributed by atoms with E-state index in [9.17, 15) is 4.79 Å². The molecule has 0 unspecified atom stereocenters. The lowest BCUT2D eigenvalue weighted by molar-refractivity contribution is 0.0693. The summed E-state index contributed by atoms with van der Waals surface area (Å²) in [5.74, 6) is -0.827. The molecule has 1 aliphatic rings. The van der Waals surface area contributed by atoms with Crippen LogP contribution in [0.2, 0.25) is 0 Å². The third-order valence-electron chi connectivity index (χ3n) is 2.32. The van der Waals surface area contributed by atoms with Gasteiger partial charge in [-0.25, -0.2) is 4.79 Å². The van der Waals surface area contributed by atoms with E-state index in [0.717, 1.165) is 11.3 Å². The van der Waals surface area contributed by atoms with Crippen LogP contribution in [-0.4, -0.2) is 15.8 Å². The molecule has 0 aromatic heterocycles.